The maximum atomic E-state index is 11.5. The van der Waals surface area contributed by atoms with Gasteiger partial charge in [-0.2, -0.15) is 0 Å². The van der Waals surface area contributed by atoms with Crippen LogP contribution >= 0.6 is 11.6 Å². The van der Waals surface area contributed by atoms with E-state index in [1.54, 1.807) is 42.5 Å². The van der Waals surface area contributed by atoms with E-state index in [1.807, 2.05) is 0 Å². The summed E-state index contributed by atoms with van der Waals surface area (Å²) in [6.45, 7) is 1.30. The number of carboxylic acid groups (broad SMARTS) is 1. The molecular formula is C18H14ClNO5. The molecule has 3 rings (SSSR count). The molecule has 128 valence electrons. The molecule has 1 aromatic heterocycles. The number of aliphatic carboxylic acids is 1. The number of halogens is 1. The summed E-state index contributed by atoms with van der Waals surface area (Å²) in [5.41, 5.74) is 2.25. The van der Waals surface area contributed by atoms with Gasteiger partial charge < -0.3 is 14.3 Å². The summed E-state index contributed by atoms with van der Waals surface area (Å²) in [5, 5.41) is 9.45. The van der Waals surface area contributed by atoms with E-state index < -0.39 is 18.0 Å². The van der Waals surface area contributed by atoms with Crippen molar-refractivity contribution < 1.29 is 23.8 Å². The molecule has 1 heterocycles. The zero-order valence-corrected chi connectivity index (χ0v) is 14.0. The molecule has 6 nitrogen and oxygen atoms in total. The summed E-state index contributed by atoms with van der Waals surface area (Å²) in [6, 6.07) is 11.8. The fourth-order valence-corrected chi connectivity index (χ4v) is 2.58. The number of hydrogen-bond donors (Lipinski definition) is 1. The van der Waals surface area contributed by atoms with E-state index in [0.717, 1.165) is 0 Å². The molecule has 0 fully saturated rings. The predicted molar refractivity (Wildman–Crippen MR) is 90.4 cm³/mol. The second kappa shape index (κ2) is 6.94. The lowest BCUT2D eigenvalue weighted by Gasteiger charge is -2.13. The highest BCUT2D eigenvalue weighted by molar-refractivity contribution is 6.30. The van der Waals surface area contributed by atoms with Gasteiger partial charge in [0.1, 0.15) is 5.52 Å². The Morgan fingerprint density at radius 2 is 1.96 bits per heavy atom. The minimum Gasteiger partial charge on any atom is -0.481 e. The molecule has 0 aliphatic carbocycles. The number of fused-ring (bicyclic) bond motifs is 1. The zero-order chi connectivity index (χ0) is 18.0. The van der Waals surface area contributed by atoms with Gasteiger partial charge in [-0.15, -0.1) is 0 Å². The largest absolute Gasteiger partial charge is 0.481 e. The Morgan fingerprint density at radius 1 is 1.24 bits per heavy atom. The maximum Gasteiger partial charge on any atom is 0.307 e. The van der Waals surface area contributed by atoms with Crippen molar-refractivity contribution in [2.45, 2.75) is 19.4 Å². The third kappa shape index (κ3) is 3.97. The molecule has 1 N–H and O–H groups in total. The van der Waals surface area contributed by atoms with Crippen LogP contribution < -0.4 is 0 Å². The quantitative estimate of drug-likeness (QED) is 0.697. The van der Waals surface area contributed by atoms with Crippen LogP contribution in [-0.2, 0) is 20.7 Å². The van der Waals surface area contributed by atoms with Crippen LogP contribution in [0.2, 0.25) is 5.02 Å². The standard InChI is InChI=1S/C18H14ClNO5/c1-10(21)24-17(12-3-5-13(19)6-4-12)18-20-14-8-11(9-16(22)23)2-7-15(14)25-18/h2-8,17H,9H2,1H3,(H,22,23). The monoisotopic (exact) mass is 359 g/mol. The van der Waals surface area contributed by atoms with E-state index in [-0.39, 0.29) is 12.3 Å². The molecule has 0 saturated carbocycles. The summed E-state index contributed by atoms with van der Waals surface area (Å²) < 4.78 is 11.1. The van der Waals surface area contributed by atoms with Crippen LogP contribution in [0.3, 0.4) is 0 Å². The van der Waals surface area contributed by atoms with Gasteiger partial charge in [-0.05, 0) is 29.8 Å². The van der Waals surface area contributed by atoms with Crippen molar-refractivity contribution in [3.63, 3.8) is 0 Å². The van der Waals surface area contributed by atoms with Crippen LogP contribution in [0.15, 0.2) is 46.9 Å². The molecular weight excluding hydrogens is 346 g/mol. The summed E-state index contributed by atoms with van der Waals surface area (Å²) in [5.74, 6) is -1.20. The lowest BCUT2D eigenvalue weighted by atomic mass is 10.1. The number of carboxylic acids is 1. The number of carbonyl (C=O) groups excluding carboxylic acids is 1. The van der Waals surface area contributed by atoms with Gasteiger partial charge in [0.2, 0.25) is 12.0 Å². The van der Waals surface area contributed by atoms with E-state index >= 15 is 0 Å². The molecule has 25 heavy (non-hydrogen) atoms. The average molecular weight is 360 g/mol. The second-order valence-corrected chi connectivity index (χ2v) is 5.90. The van der Waals surface area contributed by atoms with Gasteiger partial charge in [-0.25, -0.2) is 4.98 Å². The Kier molecular flexibility index (Phi) is 4.72. The minimum atomic E-state index is -0.929. The second-order valence-electron chi connectivity index (χ2n) is 5.47. The first-order valence-electron chi connectivity index (χ1n) is 7.46. The van der Waals surface area contributed by atoms with Crippen molar-refractivity contribution in [3.05, 3.63) is 64.5 Å². The average Bonchev–Trinajstić information content (AvgIpc) is 2.95. The molecule has 0 aliphatic rings. The van der Waals surface area contributed by atoms with Crippen LogP contribution in [0.5, 0.6) is 0 Å². The molecule has 0 amide bonds. The van der Waals surface area contributed by atoms with Crippen LogP contribution in [0, 0.1) is 0 Å². The molecule has 0 saturated heterocycles. The van der Waals surface area contributed by atoms with Crippen molar-refractivity contribution in [3.8, 4) is 0 Å². The number of oxazole rings is 1. The van der Waals surface area contributed by atoms with E-state index in [1.165, 1.54) is 6.92 Å². The number of benzene rings is 2. The molecule has 7 heteroatoms. The van der Waals surface area contributed by atoms with Crippen LogP contribution in [0.1, 0.15) is 30.0 Å². The van der Waals surface area contributed by atoms with E-state index in [9.17, 15) is 9.59 Å². The van der Waals surface area contributed by atoms with Crippen LogP contribution in [0.4, 0.5) is 0 Å². The van der Waals surface area contributed by atoms with Gasteiger partial charge in [-0.3, -0.25) is 9.59 Å². The van der Waals surface area contributed by atoms with Gasteiger partial charge in [0, 0.05) is 17.5 Å². The number of esters is 1. The molecule has 3 aromatic rings. The van der Waals surface area contributed by atoms with Gasteiger partial charge in [-0.1, -0.05) is 29.8 Å². The van der Waals surface area contributed by atoms with Gasteiger partial charge in [0.05, 0.1) is 6.42 Å². The minimum absolute atomic E-state index is 0.108. The molecule has 1 atom stereocenters. The summed E-state index contributed by atoms with van der Waals surface area (Å²) >= 11 is 5.90. The van der Waals surface area contributed by atoms with Crippen molar-refractivity contribution >= 4 is 34.6 Å². The number of carbonyl (C=O) groups is 2. The number of aromatic nitrogens is 1. The van der Waals surface area contributed by atoms with Crippen molar-refractivity contribution in [1.82, 2.24) is 4.98 Å². The maximum absolute atomic E-state index is 11.5. The highest BCUT2D eigenvalue weighted by Crippen LogP contribution is 2.29. The SMILES string of the molecule is CC(=O)OC(c1ccc(Cl)cc1)c1nc2cc(CC(=O)O)ccc2o1. The molecule has 1 unspecified atom stereocenters. The topological polar surface area (TPSA) is 89.6 Å². The Labute approximate surface area is 148 Å². The summed E-state index contributed by atoms with van der Waals surface area (Å²) in [7, 11) is 0. The smallest absolute Gasteiger partial charge is 0.307 e. The Hall–Kier alpha value is -2.86. The molecule has 0 spiro atoms. The Morgan fingerprint density at radius 3 is 2.60 bits per heavy atom. The van der Waals surface area contributed by atoms with Crippen molar-refractivity contribution in [2.75, 3.05) is 0 Å². The lowest BCUT2D eigenvalue weighted by molar-refractivity contribution is -0.145. The lowest BCUT2D eigenvalue weighted by Crippen LogP contribution is -2.10. The van der Waals surface area contributed by atoms with E-state index in [2.05, 4.69) is 4.98 Å². The summed E-state index contributed by atoms with van der Waals surface area (Å²) in [4.78, 5) is 26.7. The van der Waals surface area contributed by atoms with Gasteiger partial charge >= 0.3 is 11.9 Å². The zero-order valence-electron chi connectivity index (χ0n) is 13.2. The highest BCUT2D eigenvalue weighted by atomic mass is 35.5. The normalized spacial score (nSPS) is 12.1. The molecule has 0 radical (unpaired) electrons. The number of hydrogen-bond acceptors (Lipinski definition) is 5. The van der Waals surface area contributed by atoms with Crippen LogP contribution in [-0.4, -0.2) is 22.0 Å². The van der Waals surface area contributed by atoms with E-state index in [4.69, 9.17) is 25.9 Å². The first-order chi connectivity index (χ1) is 11.9. The molecule has 2 aromatic carbocycles. The third-order valence-corrected chi connectivity index (χ3v) is 3.76. The first kappa shape index (κ1) is 17.0. The van der Waals surface area contributed by atoms with Crippen molar-refractivity contribution in [2.24, 2.45) is 0 Å². The van der Waals surface area contributed by atoms with E-state index in [0.29, 0.717) is 27.2 Å². The summed E-state index contributed by atoms with van der Waals surface area (Å²) in [6.07, 6.45) is -0.923. The van der Waals surface area contributed by atoms with Crippen molar-refractivity contribution in [1.29, 1.82) is 0 Å². The van der Waals surface area contributed by atoms with Gasteiger partial charge in [0.15, 0.2) is 5.58 Å². The first-order valence-corrected chi connectivity index (χ1v) is 7.84. The number of nitrogens with zero attached hydrogens (tertiary/aromatic N) is 1. The Bertz CT molecular complexity index is 932. The fraction of sp³-hybridized carbons (Fsp3) is 0.167. The third-order valence-electron chi connectivity index (χ3n) is 3.50. The van der Waals surface area contributed by atoms with Crippen LogP contribution in [0.25, 0.3) is 11.1 Å². The number of rotatable bonds is 5. The Balaban J connectivity index is 2.01. The predicted octanol–water partition coefficient (Wildman–Crippen LogP) is 3.76. The van der Waals surface area contributed by atoms with Gasteiger partial charge in [0.25, 0.3) is 0 Å². The molecule has 0 bridgehead atoms. The molecule has 0 aliphatic heterocycles. The fourth-order valence-electron chi connectivity index (χ4n) is 2.45. The number of ether oxygens (including phenoxy) is 1. The highest BCUT2D eigenvalue weighted by Gasteiger charge is 2.23.